The number of nitrogens with one attached hydrogen (secondary N) is 1. The Balaban J connectivity index is 2.36. The highest BCUT2D eigenvalue weighted by Gasteiger charge is 2.26. The zero-order chi connectivity index (χ0) is 21.9. The van der Waals surface area contributed by atoms with E-state index in [1.54, 1.807) is 46.8 Å². The fourth-order valence-electron chi connectivity index (χ4n) is 2.94. The number of alkyl carbamates (subject to hydrolysis) is 1. The quantitative estimate of drug-likeness (QED) is 0.454. The lowest BCUT2D eigenvalue weighted by Crippen LogP contribution is -2.45. The topological polar surface area (TPSA) is 94.8 Å². The molecule has 0 aliphatic carbocycles. The van der Waals surface area contributed by atoms with Crippen LogP contribution in [0, 0.1) is 20.8 Å². The Labute approximate surface area is 170 Å². The summed E-state index contributed by atoms with van der Waals surface area (Å²) in [4.78, 5) is 36.9. The van der Waals surface area contributed by atoms with Crippen LogP contribution in [-0.2, 0) is 9.53 Å². The molecule has 0 aliphatic heterocycles. The molecule has 2 aromatic rings. The molecule has 0 bridgehead atoms. The molecule has 7 heteroatoms. The summed E-state index contributed by atoms with van der Waals surface area (Å²) >= 11 is 0. The van der Waals surface area contributed by atoms with E-state index >= 15 is 0 Å². The van der Waals surface area contributed by atoms with Gasteiger partial charge in [0.25, 0.3) is 0 Å². The predicted molar refractivity (Wildman–Crippen MR) is 110 cm³/mol. The maximum absolute atomic E-state index is 12.8. The maximum Gasteiger partial charge on any atom is 0.408 e. The second-order valence-corrected chi connectivity index (χ2v) is 8.18. The molecule has 1 atom stereocenters. The SMILES string of the molecule is CCC[C@@H](NC(=O)OC(C)(C)C)C(=O)Oc1cc(C)cc2oc(=O)c(C)c(C)c12. The number of benzene rings is 1. The average molecular weight is 403 g/mol. The van der Waals surface area contributed by atoms with Crippen LogP contribution < -0.4 is 15.7 Å². The van der Waals surface area contributed by atoms with Gasteiger partial charge in [0.15, 0.2) is 0 Å². The van der Waals surface area contributed by atoms with Gasteiger partial charge in [-0.3, -0.25) is 0 Å². The number of carbonyl (C=O) groups is 2. The van der Waals surface area contributed by atoms with E-state index in [-0.39, 0.29) is 0 Å². The molecule has 2 rings (SSSR count). The molecule has 158 valence electrons. The molecule has 0 saturated carbocycles. The van der Waals surface area contributed by atoms with Gasteiger partial charge < -0.3 is 19.2 Å². The summed E-state index contributed by atoms with van der Waals surface area (Å²) in [6.45, 7) is 12.4. The van der Waals surface area contributed by atoms with E-state index in [2.05, 4.69) is 5.32 Å². The summed E-state index contributed by atoms with van der Waals surface area (Å²) < 4.78 is 16.3. The largest absolute Gasteiger partial charge is 0.444 e. The summed E-state index contributed by atoms with van der Waals surface area (Å²) in [6.07, 6.45) is 0.381. The van der Waals surface area contributed by atoms with Crippen molar-refractivity contribution >= 4 is 23.0 Å². The summed E-state index contributed by atoms with van der Waals surface area (Å²) in [7, 11) is 0. The standard InChI is InChI=1S/C22H29NO6/c1-8-9-15(23-21(26)29-22(5,6)7)20(25)28-17-11-12(2)10-16-18(17)13(3)14(4)19(24)27-16/h10-11,15H,8-9H2,1-7H3,(H,23,26)/t15-/m1/s1. The Hall–Kier alpha value is -2.83. The minimum Gasteiger partial charge on any atom is -0.444 e. The predicted octanol–water partition coefficient (Wildman–Crippen LogP) is 4.32. The molecule has 1 aromatic heterocycles. The number of amides is 1. The lowest BCUT2D eigenvalue weighted by atomic mass is 10.0. The highest BCUT2D eigenvalue weighted by atomic mass is 16.6. The summed E-state index contributed by atoms with van der Waals surface area (Å²) in [5.74, 6) is -0.311. The smallest absolute Gasteiger partial charge is 0.408 e. The van der Waals surface area contributed by atoms with Crippen molar-refractivity contribution in [1.82, 2.24) is 5.32 Å². The van der Waals surface area contributed by atoms with Crippen LogP contribution in [0.2, 0.25) is 0 Å². The van der Waals surface area contributed by atoms with Gasteiger partial charge in [-0.05, 0) is 71.2 Å². The molecule has 1 N–H and O–H groups in total. The molecular weight excluding hydrogens is 374 g/mol. The van der Waals surface area contributed by atoms with Gasteiger partial charge in [0, 0.05) is 5.56 Å². The van der Waals surface area contributed by atoms with Gasteiger partial charge in [-0.15, -0.1) is 0 Å². The third-order valence-corrected chi connectivity index (χ3v) is 4.42. The van der Waals surface area contributed by atoms with Crippen LogP contribution >= 0.6 is 0 Å². The van der Waals surface area contributed by atoms with Gasteiger partial charge in [-0.1, -0.05) is 13.3 Å². The molecule has 1 amide bonds. The molecule has 7 nitrogen and oxygen atoms in total. The van der Waals surface area contributed by atoms with Gasteiger partial charge in [0.05, 0.1) is 5.39 Å². The minimum absolute atomic E-state index is 0.293. The van der Waals surface area contributed by atoms with Gasteiger partial charge in [-0.2, -0.15) is 0 Å². The first-order chi connectivity index (χ1) is 13.4. The van der Waals surface area contributed by atoms with Crippen LogP contribution in [0.3, 0.4) is 0 Å². The Morgan fingerprint density at radius 2 is 1.79 bits per heavy atom. The Morgan fingerprint density at radius 1 is 1.14 bits per heavy atom. The summed E-state index contributed by atoms with van der Waals surface area (Å²) in [5.41, 5.74) is 1.17. The van der Waals surface area contributed by atoms with Gasteiger partial charge in [0.2, 0.25) is 0 Å². The number of aryl methyl sites for hydroxylation is 2. The number of esters is 1. The van der Waals surface area contributed by atoms with Crippen LogP contribution in [0.5, 0.6) is 5.75 Å². The first kappa shape index (κ1) is 22.5. The van der Waals surface area contributed by atoms with Crippen molar-refractivity contribution in [3.8, 4) is 5.75 Å². The van der Waals surface area contributed by atoms with E-state index in [1.807, 2.05) is 13.8 Å². The van der Waals surface area contributed by atoms with Gasteiger partial charge in [0.1, 0.15) is 23.0 Å². The van der Waals surface area contributed by atoms with Gasteiger partial charge >= 0.3 is 17.7 Å². The molecule has 0 radical (unpaired) electrons. The van der Waals surface area contributed by atoms with E-state index < -0.39 is 29.3 Å². The molecule has 0 saturated heterocycles. The fraction of sp³-hybridized carbons (Fsp3) is 0.500. The molecule has 1 heterocycles. The fourth-order valence-corrected chi connectivity index (χ4v) is 2.94. The van der Waals surface area contributed by atoms with Crippen LogP contribution in [0.4, 0.5) is 4.79 Å². The average Bonchev–Trinajstić information content (AvgIpc) is 2.57. The third-order valence-electron chi connectivity index (χ3n) is 4.42. The number of hydrogen-bond acceptors (Lipinski definition) is 6. The van der Waals surface area contributed by atoms with Crippen molar-refractivity contribution in [1.29, 1.82) is 0 Å². The lowest BCUT2D eigenvalue weighted by molar-refractivity contribution is -0.136. The Bertz CT molecular complexity index is 983. The second-order valence-electron chi connectivity index (χ2n) is 8.18. The van der Waals surface area contributed by atoms with Crippen molar-refractivity contribution in [2.45, 2.75) is 73.0 Å². The van der Waals surface area contributed by atoms with Crippen molar-refractivity contribution in [2.75, 3.05) is 0 Å². The number of hydrogen-bond donors (Lipinski definition) is 1. The van der Waals surface area contributed by atoms with Crippen molar-refractivity contribution < 1.29 is 23.5 Å². The van der Waals surface area contributed by atoms with Crippen molar-refractivity contribution in [2.24, 2.45) is 0 Å². The monoisotopic (exact) mass is 403 g/mol. The van der Waals surface area contributed by atoms with Crippen molar-refractivity contribution in [3.05, 3.63) is 39.2 Å². The normalized spacial score (nSPS) is 12.5. The zero-order valence-electron chi connectivity index (χ0n) is 18.1. The van der Waals surface area contributed by atoms with Crippen LogP contribution in [0.25, 0.3) is 11.0 Å². The highest BCUT2D eigenvalue weighted by Crippen LogP contribution is 2.31. The highest BCUT2D eigenvalue weighted by molar-refractivity contribution is 5.92. The molecule has 0 fully saturated rings. The Morgan fingerprint density at radius 3 is 2.38 bits per heavy atom. The number of rotatable bonds is 5. The molecule has 29 heavy (non-hydrogen) atoms. The Kier molecular flexibility index (Phi) is 6.72. The van der Waals surface area contributed by atoms with Crippen molar-refractivity contribution in [3.63, 3.8) is 0 Å². The molecule has 1 aromatic carbocycles. The van der Waals surface area contributed by atoms with E-state index in [9.17, 15) is 14.4 Å². The molecule has 0 aliphatic rings. The van der Waals surface area contributed by atoms with E-state index in [1.165, 1.54) is 0 Å². The maximum atomic E-state index is 12.8. The number of ether oxygens (including phenoxy) is 2. The van der Waals surface area contributed by atoms with Crippen LogP contribution in [0.15, 0.2) is 21.3 Å². The molecular formula is C22H29NO6. The number of fused-ring (bicyclic) bond motifs is 1. The minimum atomic E-state index is -0.859. The summed E-state index contributed by atoms with van der Waals surface area (Å²) in [5, 5.41) is 3.15. The van der Waals surface area contributed by atoms with Crippen LogP contribution in [-0.4, -0.2) is 23.7 Å². The lowest BCUT2D eigenvalue weighted by Gasteiger charge is -2.23. The first-order valence-corrected chi connectivity index (χ1v) is 9.68. The first-order valence-electron chi connectivity index (χ1n) is 9.68. The van der Waals surface area contributed by atoms with E-state index in [0.29, 0.717) is 40.7 Å². The second kappa shape index (κ2) is 8.68. The van der Waals surface area contributed by atoms with E-state index in [0.717, 1.165) is 5.56 Å². The zero-order valence-corrected chi connectivity index (χ0v) is 18.1. The van der Waals surface area contributed by atoms with Gasteiger partial charge in [-0.25, -0.2) is 14.4 Å². The molecule has 0 spiro atoms. The third kappa shape index (κ3) is 5.59. The number of carbonyl (C=O) groups excluding carboxylic acids is 2. The van der Waals surface area contributed by atoms with Crippen LogP contribution in [0.1, 0.15) is 57.2 Å². The summed E-state index contributed by atoms with van der Waals surface area (Å²) in [6, 6.07) is 2.58. The molecule has 0 unspecified atom stereocenters. The van der Waals surface area contributed by atoms with E-state index in [4.69, 9.17) is 13.9 Å².